The highest BCUT2D eigenvalue weighted by Crippen LogP contribution is 2.26. The fraction of sp³-hybridized carbons (Fsp3) is 0.321. The van der Waals surface area contributed by atoms with Gasteiger partial charge in [0.15, 0.2) is 0 Å². The summed E-state index contributed by atoms with van der Waals surface area (Å²) in [6, 6.07) is 23.0. The van der Waals surface area contributed by atoms with Gasteiger partial charge in [0, 0.05) is 22.9 Å². The summed E-state index contributed by atoms with van der Waals surface area (Å²) in [5, 5.41) is 3.25. The van der Waals surface area contributed by atoms with Gasteiger partial charge in [0.25, 0.3) is 0 Å². The van der Waals surface area contributed by atoms with E-state index >= 15 is 0 Å². The number of nitrogens with zero attached hydrogens (tertiary/aromatic N) is 2. The Morgan fingerprint density at radius 2 is 1.57 bits per heavy atom. The molecule has 1 saturated carbocycles. The predicted octanol–water partition coefficient (Wildman–Crippen LogP) is 5.91. The number of thiophene rings is 1. The summed E-state index contributed by atoms with van der Waals surface area (Å²) in [5.41, 5.74) is 1.84. The SMILES string of the molecule is O=C(CN(C1CCCCC1)S(=O)(=O)C=Cc1ccccc1)N(Cc1ccccc1)Cc1cccs1. The van der Waals surface area contributed by atoms with Crippen LogP contribution in [0.25, 0.3) is 6.08 Å². The molecule has 1 aliphatic carbocycles. The third-order valence-corrected chi connectivity index (χ3v) is 8.75. The molecule has 35 heavy (non-hydrogen) atoms. The van der Waals surface area contributed by atoms with Gasteiger partial charge >= 0.3 is 0 Å². The van der Waals surface area contributed by atoms with Crippen LogP contribution >= 0.6 is 11.3 Å². The van der Waals surface area contributed by atoms with Crippen LogP contribution in [0.3, 0.4) is 0 Å². The minimum atomic E-state index is -3.78. The Morgan fingerprint density at radius 3 is 2.23 bits per heavy atom. The smallest absolute Gasteiger partial charge is 0.238 e. The first-order chi connectivity index (χ1) is 17.0. The summed E-state index contributed by atoms with van der Waals surface area (Å²) in [4.78, 5) is 16.5. The molecule has 0 N–H and O–H groups in total. The van der Waals surface area contributed by atoms with Gasteiger partial charge in [0.05, 0.1) is 13.1 Å². The molecule has 2 aromatic carbocycles. The van der Waals surface area contributed by atoms with Crippen LogP contribution in [-0.2, 0) is 27.9 Å². The quantitative estimate of drug-likeness (QED) is 0.342. The number of carbonyl (C=O) groups is 1. The van der Waals surface area contributed by atoms with E-state index in [2.05, 4.69) is 0 Å². The molecule has 0 atom stereocenters. The number of amides is 1. The molecule has 1 amide bonds. The van der Waals surface area contributed by atoms with Crippen molar-refractivity contribution in [1.29, 1.82) is 0 Å². The maximum absolute atomic E-state index is 13.6. The van der Waals surface area contributed by atoms with E-state index in [1.165, 1.54) is 9.71 Å². The van der Waals surface area contributed by atoms with Gasteiger partial charge in [0.2, 0.25) is 15.9 Å². The van der Waals surface area contributed by atoms with E-state index in [-0.39, 0.29) is 18.5 Å². The maximum Gasteiger partial charge on any atom is 0.238 e. The summed E-state index contributed by atoms with van der Waals surface area (Å²) in [6.45, 7) is 0.754. The van der Waals surface area contributed by atoms with Gasteiger partial charge < -0.3 is 4.90 Å². The maximum atomic E-state index is 13.6. The monoisotopic (exact) mass is 508 g/mol. The van der Waals surface area contributed by atoms with Crippen molar-refractivity contribution in [2.24, 2.45) is 0 Å². The molecule has 1 heterocycles. The van der Waals surface area contributed by atoms with Crippen LogP contribution in [-0.4, -0.2) is 36.1 Å². The minimum Gasteiger partial charge on any atom is -0.332 e. The predicted molar refractivity (Wildman–Crippen MR) is 143 cm³/mol. The van der Waals surface area contributed by atoms with Crippen molar-refractivity contribution in [3.05, 3.63) is 99.6 Å². The van der Waals surface area contributed by atoms with Crippen molar-refractivity contribution >= 4 is 33.3 Å². The van der Waals surface area contributed by atoms with Crippen LogP contribution in [0.4, 0.5) is 0 Å². The van der Waals surface area contributed by atoms with Crippen molar-refractivity contribution in [2.75, 3.05) is 6.54 Å². The summed E-state index contributed by atoms with van der Waals surface area (Å²) >= 11 is 1.60. The fourth-order valence-corrected chi connectivity index (χ4v) is 6.58. The molecule has 0 aliphatic heterocycles. The lowest BCUT2D eigenvalue weighted by molar-refractivity contribution is -0.133. The molecular weight excluding hydrogens is 476 g/mol. The van der Waals surface area contributed by atoms with Crippen molar-refractivity contribution in [3.8, 4) is 0 Å². The van der Waals surface area contributed by atoms with Crippen molar-refractivity contribution in [1.82, 2.24) is 9.21 Å². The highest BCUT2D eigenvalue weighted by molar-refractivity contribution is 7.92. The number of benzene rings is 2. The van der Waals surface area contributed by atoms with Crippen LogP contribution in [0, 0.1) is 0 Å². The Labute approximate surface area is 212 Å². The highest BCUT2D eigenvalue weighted by Gasteiger charge is 2.32. The lowest BCUT2D eigenvalue weighted by atomic mass is 9.95. The van der Waals surface area contributed by atoms with Gasteiger partial charge in [-0.3, -0.25) is 4.79 Å². The molecule has 5 nitrogen and oxygen atoms in total. The van der Waals surface area contributed by atoms with Crippen molar-refractivity contribution < 1.29 is 13.2 Å². The molecule has 3 aromatic rings. The van der Waals surface area contributed by atoms with Gasteiger partial charge in [0.1, 0.15) is 0 Å². The summed E-state index contributed by atoms with van der Waals surface area (Å²) in [6.07, 6.45) is 6.26. The fourth-order valence-electron chi connectivity index (χ4n) is 4.46. The molecule has 1 aromatic heterocycles. The molecule has 7 heteroatoms. The van der Waals surface area contributed by atoms with Gasteiger partial charge in [-0.25, -0.2) is 8.42 Å². The van der Waals surface area contributed by atoms with Gasteiger partial charge in [-0.15, -0.1) is 11.3 Å². The zero-order valence-corrected chi connectivity index (χ0v) is 21.5. The van der Waals surface area contributed by atoms with E-state index in [1.54, 1.807) is 22.3 Å². The zero-order chi connectivity index (χ0) is 24.5. The normalized spacial score (nSPS) is 15.0. The van der Waals surface area contributed by atoms with E-state index in [0.717, 1.165) is 48.1 Å². The van der Waals surface area contributed by atoms with Crippen molar-refractivity contribution in [3.63, 3.8) is 0 Å². The van der Waals surface area contributed by atoms with E-state index in [0.29, 0.717) is 13.1 Å². The summed E-state index contributed by atoms with van der Waals surface area (Å²) in [5.74, 6) is -0.176. The van der Waals surface area contributed by atoms with E-state index < -0.39 is 10.0 Å². The number of carbonyl (C=O) groups excluding carboxylic acids is 1. The average Bonchev–Trinajstić information content (AvgIpc) is 3.40. The topological polar surface area (TPSA) is 57.7 Å². The third kappa shape index (κ3) is 7.37. The van der Waals surface area contributed by atoms with Crippen molar-refractivity contribution in [2.45, 2.75) is 51.2 Å². The summed E-state index contributed by atoms with van der Waals surface area (Å²) in [7, 11) is -3.78. The molecule has 0 bridgehead atoms. The third-order valence-electron chi connectivity index (χ3n) is 6.33. The van der Waals surface area contributed by atoms with Gasteiger partial charge in [-0.05, 0) is 41.5 Å². The van der Waals surface area contributed by atoms with Crippen LogP contribution < -0.4 is 0 Å². The highest BCUT2D eigenvalue weighted by atomic mass is 32.2. The molecular formula is C28H32N2O3S2. The second-order valence-corrected chi connectivity index (χ2v) is 11.7. The largest absolute Gasteiger partial charge is 0.332 e. The number of hydrogen-bond acceptors (Lipinski definition) is 4. The number of hydrogen-bond donors (Lipinski definition) is 0. The van der Waals surface area contributed by atoms with Crippen LogP contribution in [0.2, 0.25) is 0 Å². The number of rotatable bonds is 10. The van der Waals surface area contributed by atoms with Gasteiger partial charge in [-0.1, -0.05) is 86.0 Å². The lowest BCUT2D eigenvalue weighted by Crippen LogP contribution is -2.47. The Kier molecular flexibility index (Phi) is 8.90. The van der Waals surface area contributed by atoms with E-state index in [9.17, 15) is 13.2 Å². The van der Waals surface area contributed by atoms with Crippen LogP contribution in [0.15, 0.2) is 83.6 Å². The van der Waals surface area contributed by atoms with E-state index in [4.69, 9.17) is 0 Å². The molecule has 4 rings (SSSR count). The first-order valence-corrected chi connectivity index (χ1v) is 14.5. The number of sulfonamides is 1. The van der Waals surface area contributed by atoms with Crippen LogP contribution in [0.5, 0.6) is 0 Å². The Morgan fingerprint density at radius 1 is 0.886 bits per heavy atom. The first-order valence-electron chi connectivity index (χ1n) is 12.1. The second kappa shape index (κ2) is 12.3. The first kappa shape index (κ1) is 25.4. The lowest BCUT2D eigenvalue weighted by Gasteiger charge is -2.33. The van der Waals surface area contributed by atoms with Gasteiger partial charge in [-0.2, -0.15) is 4.31 Å². The summed E-state index contributed by atoms with van der Waals surface area (Å²) < 4.78 is 28.5. The average molecular weight is 509 g/mol. The molecule has 0 unspecified atom stereocenters. The molecule has 0 saturated heterocycles. The Hall–Kier alpha value is -2.74. The van der Waals surface area contributed by atoms with E-state index in [1.807, 2.05) is 78.2 Å². The Bertz CT molecular complexity index is 1190. The molecule has 184 valence electrons. The zero-order valence-electron chi connectivity index (χ0n) is 19.8. The second-order valence-electron chi connectivity index (χ2n) is 8.91. The van der Waals surface area contributed by atoms with Crippen LogP contribution in [0.1, 0.15) is 48.1 Å². The molecule has 0 spiro atoms. The minimum absolute atomic E-state index is 0.148. The standard InChI is InChI=1S/C28H32N2O3S2/c31-28(29(22-27-17-10-19-34-27)21-25-13-6-2-7-14-25)23-30(26-15-8-3-9-16-26)35(32,33)20-18-24-11-4-1-5-12-24/h1-2,4-7,10-14,17-20,26H,3,8-9,15-16,21-23H2. The molecule has 1 fully saturated rings. The molecule has 0 radical (unpaired) electrons. The molecule has 1 aliphatic rings. The Balaban J connectivity index is 1.57.